The molecule has 166 valence electrons. The maximum absolute atomic E-state index is 13.6. The fourth-order valence-electron chi connectivity index (χ4n) is 4.72. The molecule has 5 rings (SSSR count). The second kappa shape index (κ2) is 8.74. The lowest BCUT2D eigenvalue weighted by atomic mass is 10.1. The van der Waals surface area contributed by atoms with Crippen molar-refractivity contribution in [1.29, 1.82) is 0 Å². The molecule has 7 nitrogen and oxygen atoms in total. The zero-order valence-corrected chi connectivity index (χ0v) is 18.6. The summed E-state index contributed by atoms with van der Waals surface area (Å²) in [7, 11) is 0. The van der Waals surface area contributed by atoms with Gasteiger partial charge in [0.1, 0.15) is 5.52 Å². The van der Waals surface area contributed by atoms with Crippen LogP contribution in [0.4, 0.5) is 5.95 Å². The quantitative estimate of drug-likeness (QED) is 0.506. The highest BCUT2D eigenvalue weighted by atomic mass is 16.1. The van der Waals surface area contributed by atoms with Crippen LogP contribution >= 0.6 is 0 Å². The Morgan fingerprint density at radius 3 is 2.91 bits per heavy atom. The van der Waals surface area contributed by atoms with Crippen LogP contribution in [0.2, 0.25) is 0 Å². The number of hydrogen-bond donors (Lipinski definition) is 1. The molecule has 32 heavy (non-hydrogen) atoms. The van der Waals surface area contributed by atoms with Crippen LogP contribution in [0.3, 0.4) is 0 Å². The number of nitrogens with zero attached hydrogens (tertiary/aromatic N) is 5. The highest BCUT2D eigenvalue weighted by Crippen LogP contribution is 2.24. The van der Waals surface area contributed by atoms with Crippen LogP contribution in [0, 0.1) is 0 Å². The van der Waals surface area contributed by atoms with E-state index < -0.39 is 0 Å². The molecule has 0 radical (unpaired) electrons. The molecular formula is C25H30N6O. The third kappa shape index (κ3) is 3.77. The molecule has 4 heterocycles. The van der Waals surface area contributed by atoms with Gasteiger partial charge in [0.25, 0.3) is 5.56 Å². The van der Waals surface area contributed by atoms with E-state index in [1.54, 1.807) is 4.57 Å². The Hall–Kier alpha value is -3.19. The minimum atomic E-state index is -0.0200. The normalized spacial score (nSPS) is 16.8. The summed E-state index contributed by atoms with van der Waals surface area (Å²) < 4.78 is 3.87. The van der Waals surface area contributed by atoms with Gasteiger partial charge in [-0.15, -0.1) is 0 Å². The van der Waals surface area contributed by atoms with Gasteiger partial charge in [0.2, 0.25) is 5.95 Å². The number of unbranched alkanes of at least 4 members (excludes halogenated alkanes) is 1. The van der Waals surface area contributed by atoms with Crippen molar-refractivity contribution < 1.29 is 0 Å². The maximum atomic E-state index is 13.6. The van der Waals surface area contributed by atoms with E-state index in [0.29, 0.717) is 12.1 Å². The number of nitrogens with two attached hydrogens (primary N) is 1. The lowest BCUT2D eigenvalue weighted by molar-refractivity contribution is 0.491. The molecule has 1 atom stereocenters. The molecule has 3 aromatic heterocycles. The van der Waals surface area contributed by atoms with Crippen molar-refractivity contribution >= 4 is 27.8 Å². The smallest absolute Gasteiger partial charge is 0.277 e. The first-order valence-corrected chi connectivity index (χ1v) is 11.6. The molecule has 1 fully saturated rings. The van der Waals surface area contributed by atoms with Gasteiger partial charge in [0, 0.05) is 43.5 Å². The molecule has 1 saturated heterocycles. The molecule has 1 unspecified atom stereocenters. The van der Waals surface area contributed by atoms with Crippen LogP contribution in [-0.4, -0.2) is 38.2 Å². The van der Waals surface area contributed by atoms with Crippen LogP contribution in [0.25, 0.3) is 21.8 Å². The summed E-state index contributed by atoms with van der Waals surface area (Å²) in [5, 5.41) is 2.20. The van der Waals surface area contributed by atoms with Gasteiger partial charge in [0.15, 0.2) is 0 Å². The molecule has 4 aromatic rings. The zero-order chi connectivity index (χ0) is 22.1. The van der Waals surface area contributed by atoms with Gasteiger partial charge < -0.3 is 19.8 Å². The number of hydrogen-bond acceptors (Lipinski definition) is 5. The van der Waals surface area contributed by atoms with E-state index in [1.165, 1.54) is 0 Å². The molecule has 0 spiro atoms. The van der Waals surface area contributed by atoms with Crippen molar-refractivity contribution in [2.24, 2.45) is 5.73 Å². The van der Waals surface area contributed by atoms with Gasteiger partial charge >= 0.3 is 0 Å². The van der Waals surface area contributed by atoms with Crippen molar-refractivity contribution in [2.75, 3.05) is 18.0 Å². The van der Waals surface area contributed by atoms with E-state index in [4.69, 9.17) is 10.7 Å². The van der Waals surface area contributed by atoms with Crippen LogP contribution in [0.15, 0.2) is 53.6 Å². The van der Waals surface area contributed by atoms with Gasteiger partial charge in [-0.05, 0) is 36.8 Å². The Bertz CT molecular complexity index is 1300. The Morgan fingerprint density at radius 2 is 2.06 bits per heavy atom. The first-order valence-electron chi connectivity index (χ1n) is 11.6. The number of imidazole rings is 1. The molecule has 7 heteroatoms. The molecule has 2 N–H and O–H groups in total. The fraction of sp³-hybridized carbons (Fsp3) is 0.400. The standard InChI is InChI=1S/C25H30N6O/c1-2-3-14-31-23-21(28-25(31)30-13-6-8-19(26)16-30)11-15-29(24(23)32)17-22-20-9-5-4-7-18(20)10-12-27-22/h4-5,7,9-12,15,19H,2-3,6,8,13-14,16-17,26H2,1H3. The summed E-state index contributed by atoms with van der Waals surface area (Å²) in [6.07, 6.45) is 7.80. The largest absolute Gasteiger partial charge is 0.341 e. The van der Waals surface area contributed by atoms with Crippen molar-refractivity contribution in [3.05, 3.63) is 64.8 Å². The van der Waals surface area contributed by atoms with Gasteiger partial charge in [-0.25, -0.2) is 4.98 Å². The summed E-state index contributed by atoms with van der Waals surface area (Å²) in [6.45, 7) is 5.08. The first-order chi connectivity index (χ1) is 15.7. The van der Waals surface area contributed by atoms with Gasteiger partial charge in [-0.2, -0.15) is 0 Å². The first kappa shape index (κ1) is 20.7. The average molecular weight is 431 g/mol. The lowest BCUT2D eigenvalue weighted by Gasteiger charge is -2.32. The van der Waals surface area contributed by atoms with Crippen LogP contribution < -0.4 is 16.2 Å². The minimum Gasteiger partial charge on any atom is -0.341 e. The number of pyridine rings is 2. The Labute approximate surface area is 187 Å². The molecule has 0 bridgehead atoms. The number of aromatic nitrogens is 4. The topological polar surface area (TPSA) is 82.0 Å². The summed E-state index contributed by atoms with van der Waals surface area (Å²) >= 11 is 0. The number of piperidine rings is 1. The van der Waals surface area contributed by atoms with Crippen LogP contribution in [0.5, 0.6) is 0 Å². The number of aryl methyl sites for hydroxylation is 1. The monoisotopic (exact) mass is 430 g/mol. The number of benzene rings is 1. The summed E-state index contributed by atoms with van der Waals surface area (Å²) in [4.78, 5) is 25.4. The van der Waals surface area contributed by atoms with E-state index in [-0.39, 0.29) is 11.6 Å². The molecule has 1 aliphatic heterocycles. The van der Waals surface area contributed by atoms with Crippen molar-refractivity contribution in [1.82, 2.24) is 19.1 Å². The summed E-state index contributed by atoms with van der Waals surface area (Å²) in [5.41, 5.74) is 8.54. The highest BCUT2D eigenvalue weighted by molar-refractivity contribution is 5.84. The second-order valence-corrected chi connectivity index (χ2v) is 8.73. The van der Waals surface area contributed by atoms with E-state index in [0.717, 1.165) is 73.2 Å². The predicted molar refractivity (Wildman–Crippen MR) is 129 cm³/mol. The average Bonchev–Trinajstić information content (AvgIpc) is 3.19. The van der Waals surface area contributed by atoms with Crippen molar-refractivity contribution in [2.45, 2.75) is 51.7 Å². The Morgan fingerprint density at radius 1 is 1.19 bits per heavy atom. The van der Waals surface area contributed by atoms with Gasteiger partial charge in [-0.1, -0.05) is 37.6 Å². The van der Waals surface area contributed by atoms with Crippen LogP contribution in [-0.2, 0) is 13.1 Å². The Balaban J connectivity index is 1.59. The predicted octanol–water partition coefficient (Wildman–Crippen LogP) is 3.52. The van der Waals surface area contributed by atoms with E-state index in [9.17, 15) is 4.79 Å². The number of rotatable bonds is 6. The molecular weight excluding hydrogens is 400 g/mol. The summed E-state index contributed by atoms with van der Waals surface area (Å²) in [5.74, 6) is 0.877. The summed E-state index contributed by atoms with van der Waals surface area (Å²) in [6, 6.07) is 12.3. The Kier molecular flexibility index (Phi) is 5.66. The maximum Gasteiger partial charge on any atom is 0.277 e. The molecule has 1 aliphatic rings. The molecule has 0 amide bonds. The molecule has 0 saturated carbocycles. The van der Waals surface area contributed by atoms with Crippen molar-refractivity contribution in [3.63, 3.8) is 0 Å². The third-order valence-electron chi connectivity index (χ3n) is 6.40. The van der Waals surface area contributed by atoms with Crippen molar-refractivity contribution in [3.8, 4) is 0 Å². The fourth-order valence-corrected chi connectivity index (χ4v) is 4.72. The number of fused-ring (bicyclic) bond motifs is 2. The minimum absolute atomic E-state index is 0.0200. The van der Waals surface area contributed by atoms with Crippen LogP contribution in [0.1, 0.15) is 38.3 Å². The lowest BCUT2D eigenvalue weighted by Crippen LogP contribution is -2.44. The highest BCUT2D eigenvalue weighted by Gasteiger charge is 2.24. The third-order valence-corrected chi connectivity index (χ3v) is 6.40. The zero-order valence-electron chi connectivity index (χ0n) is 18.6. The van der Waals surface area contributed by atoms with Gasteiger partial charge in [-0.3, -0.25) is 9.78 Å². The number of anilines is 1. The molecule has 0 aliphatic carbocycles. The van der Waals surface area contributed by atoms with E-state index in [1.807, 2.05) is 36.7 Å². The second-order valence-electron chi connectivity index (χ2n) is 8.73. The SMILES string of the molecule is CCCCn1c(N2CCCC(N)C2)nc2ccn(Cc3nccc4ccccc34)c(=O)c21. The molecule has 1 aromatic carbocycles. The van der Waals surface area contributed by atoms with Gasteiger partial charge in [0.05, 0.1) is 17.8 Å². The van der Waals surface area contributed by atoms with E-state index in [2.05, 4.69) is 33.5 Å². The van der Waals surface area contributed by atoms with E-state index >= 15 is 0 Å².